The fourth-order valence-corrected chi connectivity index (χ4v) is 7.85. The van der Waals surface area contributed by atoms with Crippen molar-refractivity contribution in [2.75, 3.05) is 19.8 Å². The Morgan fingerprint density at radius 3 is 1.59 bits per heavy atom. The third-order valence-corrected chi connectivity index (χ3v) is 11.9. The summed E-state index contributed by atoms with van der Waals surface area (Å²) >= 11 is 0. The van der Waals surface area contributed by atoms with Gasteiger partial charge in [0.2, 0.25) is 0 Å². The van der Waals surface area contributed by atoms with E-state index in [-0.39, 0.29) is 19.4 Å². The molecule has 0 bridgehead atoms. The molecule has 0 aromatic heterocycles. The highest BCUT2D eigenvalue weighted by molar-refractivity contribution is 7.47. The standard InChI is InChI=1S/C46H86NO11P/c1-3-5-7-9-11-12-13-14-15-16-17-18-19-20-21-22-23-27-31-35-44(48)54-37-40(38-55-59(52,53)56-39-41(47)46(50)51)57-45(49)36-32-28-24-26-30-34-43-42(58-43)33-29-25-10-8-6-4-2/h25,29,40-43H,3-24,26-28,30-39,47H2,1-2H3,(H,50,51)(H,52,53)/b29-25-/t40-,41+,42?,43?/m1/s1. The summed E-state index contributed by atoms with van der Waals surface area (Å²) in [6, 6.07) is -1.52. The van der Waals surface area contributed by atoms with Gasteiger partial charge in [-0.05, 0) is 38.5 Å². The van der Waals surface area contributed by atoms with E-state index in [1.807, 2.05) is 0 Å². The number of phosphoric ester groups is 1. The van der Waals surface area contributed by atoms with Gasteiger partial charge >= 0.3 is 25.7 Å². The Labute approximate surface area is 358 Å². The maximum absolute atomic E-state index is 12.7. The summed E-state index contributed by atoms with van der Waals surface area (Å²) in [7, 11) is -4.72. The van der Waals surface area contributed by atoms with Crippen molar-refractivity contribution in [1.29, 1.82) is 0 Å². The van der Waals surface area contributed by atoms with E-state index >= 15 is 0 Å². The topological polar surface area (TPSA) is 184 Å². The summed E-state index contributed by atoms with van der Waals surface area (Å²) in [6.45, 7) is 2.78. The molecule has 4 N–H and O–H groups in total. The van der Waals surface area contributed by atoms with Crippen molar-refractivity contribution in [2.24, 2.45) is 5.73 Å². The summed E-state index contributed by atoms with van der Waals surface area (Å²) in [5.41, 5.74) is 5.34. The van der Waals surface area contributed by atoms with Gasteiger partial charge in [0.1, 0.15) is 12.6 Å². The van der Waals surface area contributed by atoms with Crippen molar-refractivity contribution < 1.29 is 52.2 Å². The van der Waals surface area contributed by atoms with Gasteiger partial charge in [0.25, 0.3) is 0 Å². The fraction of sp³-hybridized carbons (Fsp3) is 0.891. The number of epoxide rings is 1. The van der Waals surface area contributed by atoms with Gasteiger partial charge in [-0.25, -0.2) is 4.57 Å². The van der Waals surface area contributed by atoms with Gasteiger partial charge in [-0.15, -0.1) is 0 Å². The van der Waals surface area contributed by atoms with E-state index in [9.17, 15) is 23.8 Å². The Morgan fingerprint density at radius 2 is 1.07 bits per heavy atom. The van der Waals surface area contributed by atoms with E-state index in [1.54, 1.807) is 0 Å². The number of allylic oxidation sites excluding steroid dienone is 1. The van der Waals surface area contributed by atoms with Crippen molar-refractivity contribution in [1.82, 2.24) is 0 Å². The van der Waals surface area contributed by atoms with Gasteiger partial charge < -0.3 is 29.9 Å². The first-order valence-corrected chi connectivity index (χ1v) is 25.3. The van der Waals surface area contributed by atoms with Gasteiger partial charge in [-0.2, -0.15) is 0 Å². The van der Waals surface area contributed by atoms with Crippen LogP contribution in [0.25, 0.3) is 0 Å². The molecule has 1 heterocycles. The van der Waals surface area contributed by atoms with Gasteiger partial charge in [-0.3, -0.25) is 23.4 Å². The first kappa shape index (κ1) is 55.2. The zero-order chi connectivity index (χ0) is 43.2. The number of esters is 2. The Hall–Kier alpha value is -1.82. The molecule has 1 aliphatic heterocycles. The Kier molecular flexibility index (Phi) is 35.5. The number of nitrogens with two attached hydrogens (primary N) is 1. The average Bonchev–Trinajstić information content (AvgIpc) is 3.97. The molecule has 1 rings (SSSR count). The number of aliphatic carboxylic acids is 1. The predicted octanol–water partition coefficient (Wildman–Crippen LogP) is 11.8. The van der Waals surface area contributed by atoms with Gasteiger partial charge in [0, 0.05) is 12.8 Å². The minimum Gasteiger partial charge on any atom is -0.480 e. The maximum Gasteiger partial charge on any atom is 0.472 e. The first-order chi connectivity index (χ1) is 28.6. The number of rotatable bonds is 44. The lowest BCUT2D eigenvalue weighted by Crippen LogP contribution is -2.34. The molecule has 1 fully saturated rings. The van der Waals surface area contributed by atoms with Crippen molar-refractivity contribution in [3.63, 3.8) is 0 Å². The molecule has 13 heteroatoms. The second-order valence-corrected chi connectivity index (χ2v) is 18.1. The molecule has 0 spiro atoms. The third-order valence-electron chi connectivity index (χ3n) is 10.9. The van der Waals surface area contributed by atoms with E-state index in [0.717, 1.165) is 64.2 Å². The molecule has 5 atom stereocenters. The van der Waals surface area contributed by atoms with Gasteiger partial charge in [0.15, 0.2) is 6.10 Å². The van der Waals surface area contributed by atoms with Crippen LogP contribution in [0.2, 0.25) is 0 Å². The number of hydrogen-bond acceptors (Lipinski definition) is 10. The van der Waals surface area contributed by atoms with Crippen LogP contribution in [0.15, 0.2) is 12.2 Å². The normalized spacial score (nSPS) is 17.2. The fourth-order valence-electron chi connectivity index (χ4n) is 7.07. The molecular formula is C46H86NO11P. The number of hydrogen-bond donors (Lipinski definition) is 3. The molecule has 0 radical (unpaired) electrons. The molecule has 0 aliphatic carbocycles. The number of carboxylic acid groups (broad SMARTS) is 1. The highest BCUT2D eigenvalue weighted by Gasteiger charge is 2.36. The number of carboxylic acids is 1. The minimum atomic E-state index is -4.72. The van der Waals surface area contributed by atoms with Crippen LogP contribution in [0.1, 0.15) is 219 Å². The summed E-state index contributed by atoms with van der Waals surface area (Å²) < 4.78 is 38.6. The molecule has 0 aromatic rings. The van der Waals surface area contributed by atoms with E-state index < -0.39 is 51.1 Å². The van der Waals surface area contributed by atoms with E-state index in [4.69, 9.17) is 29.6 Å². The van der Waals surface area contributed by atoms with Crippen molar-refractivity contribution >= 4 is 25.7 Å². The van der Waals surface area contributed by atoms with Crippen LogP contribution in [-0.2, 0) is 42.2 Å². The lowest BCUT2D eigenvalue weighted by molar-refractivity contribution is -0.161. The summed E-state index contributed by atoms with van der Waals surface area (Å²) in [5, 5.41) is 8.91. The Bertz CT molecular complexity index is 1120. The lowest BCUT2D eigenvalue weighted by atomic mass is 10.0. The number of carbonyl (C=O) groups is 3. The molecule has 59 heavy (non-hydrogen) atoms. The second-order valence-electron chi connectivity index (χ2n) is 16.6. The molecular weight excluding hydrogens is 773 g/mol. The number of carbonyl (C=O) groups excluding carboxylic acids is 2. The summed E-state index contributed by atoms with van der Waals surface area (Å²) in [5.74, 6) is -2.39. The number of phosphoric acid groups is 1. The monoisotopic (exact) mass is 860 g/mol. The quantitative estimate of drug-likeness (QED) is 0.0173. The highest BCUT2D eigenvalue weighted by Crippen LogP contribution is 2.43. The molecule has 3 unspecified atom stereocenters. The Balaban J connectivity index is 2.23. The molecule has 1 saturated heterocycles. The van der Waals surface area contributed by atoms with E-state index in [2.05, 4.69) is 30.5 Å². The molecule has 0 amide bonds. The van der Waals surface area contributed by atoms with Gasteiger partial charge in [0.05, 0.1) is 25.4 Å². The molecule has 0 saturated carbocycles. The first-order valence-electron chi connectivity index (χ1n) is 23.8. The Morgan fingerprint density at radius 1 is 0.610 bits per heavy atom. The zero-order valence-electron chi connectivity index (χ0n) is 37.3. The SMILES string of the molecule is CCCCC/C=C\CC1OC1CCCCCCCC(=O)O[C@H](COC(=O)CCCCCCCCCCCCCCCCCCCCC)COP(=O)(O)OC[C@H](N)C(=O)O. The second kappa shape index (κ2) is 37.9. The maximum atomic E-state index is 12.7. The average molecular weight is 860 g/mol. The minimum absolute atomic E-state index is 0.142. The highest BCUT2D eigenvalue weighted by atomic mass is 31.2. The van der Waals surface area contributed by atoms with Crippen LogP contribution in [-0.4, -0.2) is 72.1 Å². The van der Waals surface area contributed by atoms with E-state index in [0.29, 0.717) is 25.0 Å². The van der Waals surface area contributed by atoms with Crippen LogP contribution in [0.4, 0.5) is 0 Å². The van der Waals surface area contributed by atoms with Crippen molar-refractivity contribution in [3.8, 4) is 0 Å². The summed E-state index contributed by atoms with van der Waals surface area (Å²) in [6.07, 6.45) is 40.1. The van der Waals surface area contributed by atoms with Crippen LogP contribution in [0.5, 0.6) is 0 Å². The predicted molar refractivity (Wildman–Crippen MR) is 235 cm³/mol. The van der Waals surface area contributed by atoms with E-state index in [1.165, 1.54) is 116 Å². The van der Waals surface area contributed by atoms with Crippen molar-refractivity contribution in [3.05, 3.63) is 12.2 Å². The van der Waals surface area contributed by atoms with Crippen molar-refractivity contribution in [2.45, 2.75) is 244 Å². The van der Waals surface area contributed by atoms with Crippen LogP contribution in [0, 0.1) is 0 Å². The number of unbranched alkanes of at least 4 members (excludes halogenated alkanes) is 25. The molecule has 1 aliphatic rings. The van der Waals surface area contributed by atoms with Crippen LogP contribution < -0.4 is 5.73 Å². The molecule has 0 aromatic carbocycles. The van der Waals surface area contributed by atoms with Crippen LogP contribution in [0.3, 0.4) is 0 Å². The molecule has 12 nitrogen and oxygen atoms in total. The zero-order valence-corrected chi connectivity index (χ0v) is 38.2. The number of ether oxygens (including phenoxy) is 3. The van der Waals surface area contributed by atoms with Crippen LogP contribution >= 0.6 is 7.82 Å². The molecule has 346 valence electrons. The smallest absolute Gasteiger partial charge is 0.472 e. The van der Waals surface area contributed by atoms with Gasteiger partial charge in [-0.1, -0.05) is 180 Å². The largest absolute Gasteiger partial charge is 0.480 e. The summed E-state index contributed by atoms with van der Waals surface area (Å²) in [4.78, 5) is 46.1. The lowest BCUT2D eigenvalue weighted by Gasteiger charge is -2.20. The third kappa shape index (κ3) is 35.5.